The fourth-order valence-corrected chi connectivity index (χ4v) is 2.84. The topological polar surface area (TPSA) is 66.0 Å². The number of amides is 1. The second-order valence-electron chi connectivity index (χ2n) is 5.34. The summed E-state index contributed by atoms with van der Waals surface area (Å²) >= 11 is 12.0. The molecule has 0 saturated heterocycles. The SMILES string of the molecule is N#Cc1ccccc1NC(=O)/C=C/c1ccc(-c2cc(Cl)cc(Cl)c2)o1. The maximum atomic E-state index is 12.0. The molecule has 0 atom stereocenters. The summed E-state index contributed by atoms with van der Waals surface area (Å²) < 4.78 is 5.69. The predicted molar refractivity (Wildman–Crippen MR) is 103 cm³/mol. The van der Waals surface area contributed by atoms with E-state index in [1.165, 1.54) is 6.08 Å². The first kappa shape index (κ1) is 17.8. The lowest BCUT2D eigenvalue weighted by Gasteiger charge is -2.03. The molecule has 2 aromatic carbocycles. The Hall–Kier alpha value is -3.00. The number of nitrogens with zero attached hydrogens (tertiary/aromatic N) is 1. The van der Waals surface area contributed by atoms with Crippen LogP contribution in [0.1, 0.15) is 11.3 Å². The molecule has 128 valence electrons. The molecule has 0 aliphatic rings. The van der Waals surface area contributed by atoms with E-state index in [-0.39, 0.29) is 5.91 Å². The summed E-state index contributed by atoms with van der Waals surface area (Å²) in [5.74, 6) is 0.723. The zero-order valence-corrected chi connectivity index (χ0v) is 14.9. The molecule has 0 fully saturated rings. The van der Waals surface area contributed by atoms with Gasteiger partial charge < -0.3 is 9.73 Å². The van der Waals surface area contributed by atoms with E-state index >= 15 is 0 Å². The number of nitrogens with one attached hydrogen (secondary N) is 1. The number of rotatable bonds is 4. The summed E-state index contributed by atoms with van der Waals surface area (Å²) in [7, 11) is 0. The Morgan fingerprint density at radius 3 is 2.54 bits per heavy atom. The minimum absolute atomic E-state index is 0.364. The summed E-state index contributed by atoms with van der Waals surface area (Å²) in [5.41, 5.74) is 1.60. The van der Waals surface area contributed by atoms with Gasteiger partial charge in [0.25, 0.3) is 0 Å². The van der Waals surface area contributed by atoms with Gasteiger partial charge in [-0.1, -0.05) is 35.3 Å². The van der Waals surface area contributed by atoms with E-state index < -0.39 is 0 Å². The minimum atomic E-state index is -0.364. The Morgan fingerprint density at radius 2 is 1.81 bits per heavy atom. The van der Waals surface area contributed by atoms with E-state index in [1.54, 1.807) is 60.7 Å². The van der Waals surface area contributed by atoms with Crippen molar-refractivity contribution >= 4 is 40.9 Å². The lowest BCUT2D eigenvalue weighted by Crippen LogP contribution is -2.08. The fraction of sp³-hybridized carbons (Fsp3) is 0. The molecule has 0 radical (unpaired) electrons. The van der Waals surface area contributed by atoms with Gasteiger partial charge in [0.1, 0.15) is 17.6 Å². The highest BCUT2D eigenvalue weighted by Gasteiger charge is 2.07. The molecule has 0 bridgehead atoms. The van der Waals surface area contributed by atoms with E-state index in [2.05, 4.69) is 5.32 Å². The van der Waals surface area contributed by atoms with Crippen molar-refractivity contribution in [1.82, 2.24) is 0 Å². The van der Waals surface area contributed by atoms with Crippen LogP contribution in [0.15, 0.2) is 65.1 Å². The van der Waals surface area contributed by atoms with Crippen molar-refractivity contribution in [3.63, 3.8) is 0 Å². The molecule has 0 spiro atoms. The van der Waals surface area contributed by atoms with Crippen LogP contribution in [0.5, 0.6) is 0 Å². The van der Waals surface area contributed by atoms with E-state index in [0.29, 0.717) is 32.8 Å². The first-order valence-electron chi connectivity index (χ1n) is 7.59. The normalized spacial score (nSPS) is 10.7. The van der Waals surface area contributed by atoms with Gasteiger partial charge >= 0.3 is 0 Å². The molecular formula is C20H12Cl2N2O2. The van der Waals surface area contributed by atoms with Crippen LogP contribution < -0.4 is 5.32 Å². The van der Waals surface area contributed by atoms with Crippen molar-refractivity contribution in [2.45, 2.75) is 0 Å². The summed E-state index contributed by atoms with van der Waals surface area (Å²) in [6, 6.07) is 17.4. The summed E-state index contributed by atoms with van der Waals surface area (Å²) in [6.45, 7) is 0. The van der Waals surface area contributed by atoms with E-state index in [1.807, 2.05) is 6.07 Å². The van der Waals surface area contributed by atoms with Gasteiger partial charge in [-0.2, -0.15) is 5.26 Å². The zero-order valence-electron chi connectivity index (χ0n) is 13.4. The highest BCUT2D eigenvalue weighted by atomic mass is 35.5. The third kappa shape index (κ3) is 4.34. The lowest BCUT2D eigenvalue weighted by molar-refractivity contribution is -0.111. The fourth-order valence-electron chi connectivity index (χ4n) is 2.32. The summed E-state index contributed by atoms with van der Waals surface area (Å²) in [5, 5.41) is 12.7. The second kappa shape index (κ2) is 7.92. The van der Waals surface area contributed by atoms with Gasteiger partial charge in [-0.15, -0.1) is 0 Å². The third-order valence-electron chi connectivity index (χ3n) is 3.48. The van der Waals surface area contributed by atoms with E-state index in [4.69, 9.17) is 32.9 Å². The predicted octanol–water partition coefficient (Wildman–Crippen LogP) is 5.78. The van der Waals surface area contributed by atoms with Crippen LogP contribution in [-0.2, 0) is 4.79 Å². The van der Waals surface area contributed by atoms with Gasteiger partial charge in [0.05, 0.1) is 11.3 Å². The van der Waals surface area contributed by atoms with Crippen molar-refractivity contribution in [2.24, 2.45) is 0 Å². The Labute approximate surface area is 160 Å². The molecular weight excluding hydrogens is 371 g/mol. The molecule has 1 amide bonds. The van der Waals surface area contributed by atoms with Gasteiger partial charge in [0, 0.05) is 21.7 Å². The molecule has 0 saturated carbocycles. The Bertz CT molecular complexity index is 1010. The lowest BCUT2D eigenvalue weighted by atomic mass is 10.2. The molecule has 3 rings (SSSR count). The molecule has 4 nitrogen and oxygen atoms in total. The minimum Gasteiger partial charge on any atom is -0.457 e. The largest absolute Gasteiger partial charge is 0.457 e. The van der Waals surface area contributed by atoms with Crippen LogP contribution >= 0.6 is 23.2 Å². The number of nitriles is 1. The first-order valence-corrected chi connectivity index (χ1v) is 8.35. The molecule has 0 unspecified atom stereocenters. The maximum Gasteiger partial charge on any atom is 0.248 e. The van der Waals surface area contributed by atoms with Gasteiger partial charge in [-0.25, -0.2) is 0 Å². The van der Waals surface area contributed by atoms with Crippen molar-refractivity contribution < 1.29 is 9.21 Å². The van der Waals surface area contributed by atoms with Crippen LogP contribution in [0.3, 0.4) is 0 Å². The number of hydrogen-bond donors (Lipinski definition) is 1. The average molecular weight is 383 g/mol. The Morgan fingerprint density at radius 1 is 1.08 bits per heavy atom. The van der Waals surface area contributed by atoms with E-state index in [9.17, 15) is 4.79 Å². The average Bonchev–Trinajstić information content (AvgIpc) is 3.09. The molecule has 1 aromatic heterocycles. The van der Waals surface area contributed by atoms with Gasteiger partial charge in [0.2, 0.25) is 5.91 Å². The molecule has 1 N–H and O–H groups in total. The molecule has 3 aromatic rings. The van der Waals surface area contributed by atoms with Crippen LogP contribution in [0.25, 0.3) is 17.4 Å². The second-order valence-corrected chi connectivity index (χ2v) is 6.21. The third-order valence-corrected chi connectivity index (χ3v) is 3.91. The highest BCUT2D eigenvalue weighted by molar-refractivity contribution is 6.35. The number of anilines is 1. The molecule has 6 heteroatoms. The maximum absolute atomic E-state index is 12.0. The number of para-hydroxylation sites is 1. The van der Waals surface area contributed by atoms with Gasteiger partial charge in [0.15, 0.2) is 0 Å². The van der Waals surface area contributed by atoms with Crippen LogP contribution in [-0.4, -0.2) is 5.91 Å². The number of furan rings is 1. The number of carbonyl (C=O) groups is 1. The number of carbonyl (C=O) groups excluding carboxylic acids is 1. The number of hydrogen-bond acceptors (Lipinski definition) is 3. The molecule has 0 aliphatic carbocycles. The first-order chi connectivity index (χ1) is 12.5. The quantitative estimate of drug-likeness (QED) is 0.581. The molecule has 1 heterocycles. The van der Waals surface area contributed by atoms with Gasteiger partial charge in [-0.05, 0) is 48.5 Å². The van der Waals surface area contributed by atoms with Crippen LogP contribution in [0.2, 0.25) is 10.0 Å². The number of halogens is 2. The van der Waals surface area contributed by atoms with Gasteiger partial charge in [-0.3, -0.25) is 4.79 Å². The van der Waals surface area contributed by atoms with Crippen molar-refractivity contribution in [1.29, 1.82) is 5.26 Å². The van der Waals surface area contributed by atoms with Crippen molar-refractivity contribution in [2.75, 3.05) is 5.32 Å². The Kier molecular flexibility index (Phi) is 5.43. The summed E-state index contributed by atoms with van der Waals surface area (Å²) in [4.78, 5) is 12.0. The van der Waals surface area contributed by atoms with Crippen LogP contribution in [0, 0.1) is 11.3 Å². The zero-order chi connectivity index (χ0) is 18.5. The molecule has 0 aliphatic heterocycles. The number of benzene rings is 2. The van der Waals surface area contributed by atoms with E-state index in [0.717, 1.165) is 5.56 Å². The Balaban J connectivity index is 1.72. The van der Waals surface area contributed by atoms with Crippen LogP contribution in [0.4, 0.5) is 5.69 Å². The smallest absolute Gasteiger partial charge is 0.248 e. The summed E-state index contributed by atoms with van der Waals surface area (Å²) in [6.07, 6.45) is 2.88. The molecule has 26 heavy (non-hydrogen) atoms. The standard InChI is InChI=1S/C20H12Cl2N2O2/c21-15-9-14(10-16(22)11-15)19-7-5-17(26-19)6-8-20(25)24-18-4-2-1-3-13(18)12-23/h1-11H,(H,24,25)/b8-6+. The monoisotopic (exact) mass is 382 g/mol. The highest BCUT2D eigenvalue weighted by Crippen LogP contribution is 2.28. The van der Waals surface area contributed by atoms with Crippen molar-refractivity contribution in [3.05, 3.63) is 82.0 Å². The van der Waals surface area contributed by atoms with Crippen molar-refractivity contribution in [3.8, 4) is 17.4 Å².